The molecule has 2 atom stereocenters. The van der Waals surface area contributed by atoms with Gasteiger partial charge in [-0.3, -0.25) is 0 Å². The fourth-order valence-electron chi connectivity index (χ4n) is 1.56. The van der Waals surface area contributed by atoms with Crippen molar-refractivity contribution in [3.05, 3.63) is 11.9 Å². The molecule has 0 spiro atoms. The van der Waals surface area contributed by atoms with E-state index in [0.717, 1.165) is 0 Å². The van der Waals surface area contributed by atoms with Crippen molar-refractivity contribution in [2.24, 2.45) is 0 Å². The number of hydrogen-bond donors (Lipinski definition) is 5. The van der Waals surface area contributed by atoms with E-state index in [9.17, 15) is 15.0 Å². The summed E-state index contributed by atoms with van der Waals surface area (Å²) < 4.78 is 5.05. The van der Waals surface area contributed by atoms with Gasteiger partial charge >= 0.3 is 6.09 Å². The molecule has 1 heterocycles. The van der Waals surface area contributed by atoms with E-state index in [1.807, 2.05) is 0 Å². The highest BCUT2D eigenvalue weighted by Gasteiger charge is 2.21. The summed E-state index contributed by atoms with van der Waals surface area (Å²) in [7, 11) is 0. The molecule has 0 aliphatic rings. The highest BCUT2D eigenvalue weighted by molar-refractivity contribution is 5.67. The molecule has 0 radical (unpaired) electrons. The van der Waals surface area contributed by atoms with Crippen LogP contribution in [-0.4, -0.2) is 44.5 Å². The molecule has 124 valence electrons. The maximum absolute atomic E-state index is 11.4. The zero-order valence-electron chi connectivity index (χ0n) is 12.9. The topological polar surface area (TPSA) is 157 Å². The lowest BCUT2D eigenvalue weighted by atomic mass is 10.1. The third-order valence-corrected chi connectivity index (χ3v) is 2.62. The SMILES string of the molecule is CC(C)(C)OC(=O)NCCC(O)C(O)c1cnc(N)c(N)n1. The Balaban J connectivity index is 2.46. The van der Waals surface area contributed by atoms with E-state index in [1.165, 1.54) is 6.20 Å². The second-order valence-electron chi connectivity index (χ2n) is 5.79. The minimum Gasteiger partial charge on any atom is -0.444 e. The van der Waals surface area contributed by atoms with Crippen LogP contribution in [0, 0.1) is 0 Å². The lowest BCUT2D eigenvalue weighted by Gasteiger charge is -2.21. The number of anilines is 2. The van der Waals surface area contributed by atoms with Crippen molar-refractivity contribution in [2.45, 2.75) is 45.0 Å². The Morgan fingerprint density at radius 2 is 2.00 bits per heavy atom. The smallest absolute Gasteiger partial charge is 0.407 e. The van der Waals surface area contributed by atoms with Gasteiger partial charge in [0, 0.05) is 6.54 Å². The predicted molar refractivity (Wildman–Crippen MR) is 80.7 cm³/mol. The Morgan fingerprint density at radius 3 is 2.55 bits per heavy atom. The van der Waals surface area contributed by atoms with Gasteiger partial charge in [0.15, 0.2) is 11.6 Å². The second-order valence-corrected chi connectivity index (χ2v) is 5.79. The Bertz CT molecular complexity index is 518. The van der Waals surface area contributed by atoms with Gasteiger partial charge in [0.05, 0.1) is 18.0 Å². The summed E-state index contributed by atoms with van der Waals surface area (Å²) in [4.78, 5) is 19.0. The van der Waals surface area contributed by atoms with Gasteiger partial charge in [-0.2, -0.15) is 0 Å². The Kier molecular flexibility index (Phi) is 5.89. The first-order chi connectivity index (χ1) is 10.1. The van der Waals surface area contributed by atoms with Crippen LogP contribution in [0.25, 0.3) is 0 Å². The van der Waals surface area contributed by atoms with Gasteiger partial charge in [0.25, 0.3) is 0 Å². The molecule has 1 aromatic heterocycles. The summed E-state index contributed by atoms with van der Waals surface area (Å²) in [6.07, 6.45) is -1.68. The van der Waals surface area contributed by atoms with Gasteiger partial charge < -0.3 is 31.7 Å². The van der Waals surface area contributed by atoms with Crippen LogP contribution in [0.2, 0.25) is 0 Å². The largest absolute Gasteiger partial charge is 0.444 e. The average Bonchev–Trinajstić information content (AvgIpc) is 2.38. The summed E-state index contributed by atoms with van der Waals surface area (Å²) >= 11 is 0. The number of carbonyl (C=O) groups excluding carboxylic acids is 1. The van der Waals surface area contributed by atoms with Crippen molar-refractivity contribution in [2.75, 3.05) is 18.0 Å². The summed E-state index contributed by atoms with van der Waals surface area (Å²) in [6.45, 7) is 5.37. The minimum absolute atomic E-state index is 0.0179. The Hall–Kier alpha value is -2.13. The van der Waals surface area contributed by atoms with Crippen LogP contribution in [0.15, 0.2) is 6.20 Å². The zero-order valence-corrected chi connectivity index (χ0v) is 12.9. The Morgan fingerprint density at radius 1 is 1.36 bits per heavy atom. The minimum atomic E-state index is -1.28. The fraction of sp³-hybridized carbons (Fsp3) is 0.615. The van der Waals surface area contributed by atoms with E-state index in [2.05, 4.69) is 15.3 Å². The number of carbonyl (C=O) groups is 1. The zero-order chi connectivity index (χ0) is 16.9. The highest BCUT2D eigenvalue weighted by Crippen LogP contribution is 2.19. The summed E-state index contributed by atoms with van der Waals surface area (Å²) in [5, 5.41) is 22.3. The van der Waals surface area contributed by atoms with E-state index in [1.54, 1.807) is 20.8 Å². The van der Waals surface area contributed by atoms with Gasteiger partial charge in [0.2, 0.25) is 0 Å². The van der Waals surface area contributed by atoms with Crippen molar-refractivity contribution in [1.29, 1.82) is 0 Å². The van der Waals surface area contributed by atoms with Gasteiger partial charge in [-0.05, 0) is 27.2 Å². The first-order valence-electron chi connectivity index (χ1n) is 6.81. The van der Waals surface area contributed by atoms with Crippen molar-refractivity contribution >= 4 is 17.7 Å². The number of nitrogens with one attached hydrogen (secondary N) is 1. The van der Waals surface area contributed by atoms with Crippen LogP contribution >= 0.6 is 0 Å². The number of amides is 1. The number of alkyl carbamates (subject to hydrolysis) is 1. The molecule has 0 fully saturated rings. The predicted octanol–water partition coefficient (Wildman–Crippen LogP) is -0.0499. The van der Waals surface area contributed by atoms with Crippen molar-refractivity contribution in [3.8, 4) is 0 Å². The summed E-state index contributed by atoms with van der Waals surface area (Å²) in [5.41, 5.74) is 10.4. The van der Waals surface area contributed by atoms with E-state index in [-0.39, 0.29) is 30.3 Å². The maximum Gasteiger partial charge on any atom is 0.407 e. The van der Waals surface area contributed by atoms with E-state index in [0.29, 0.717) is 0 Å². The van der Waals surface area contributed by atoms with E-state index < -0.39 is 23.9 Å². The van der Waals surface area contributed by atoms with Crippen LogP contribution in [0.3, 0.4) is 0 Å². The molecule has 0 saturated heterocycles. The molecule has 9 heteroatoms. The highest BCUT2D eigenvalue weighted by atomic mass is 16.6. The van der Waals surface area contributed by atoms with Gasteiger partial charge in [-0.1, -0.05) is 0 Å². The molecule has 1 aromatic rings. The molecule has 0 aliphatic carbocycles. The fourth-order valence-corrected chi connectivity index (χ4v) is 1.56. The number of hydrogen-bond acceptors (Lipinski definition) is 8. The Labute approximate surface area is 128 Å². The van der Waals surface area contributed by atoms with Crippen molar-refractivity contribution in [3.63, 3.8) is 0 Å². The summed E-state index contributed by atoms with van der Waals surface area (Å²) in [6, 6.07) is 0. The molecule has 22 heavy (non-hydrogen) atoms. The molecule has 0 aromatic carbocycles. The number of nitrogens with zero attached hydrogens (tertiary/aromatic N) is 2. The molecule has 9 nitrogen and oxygen atoms in total. The molecular weight excluding hydrogens is 290 g/mol. The number of aliphatic hydroxyl groups is 2. The number of nitrogen functional groups attached to an aromatic ring is 2. The number of aliphatic hydroxyl groups excluding tert-OH is 2. The molecule has 0 aliphatic heterocycles. The van der Waals surface area contributed by atoms with Crippen LogP contribution in [0.1, 0.15) is 39.0 Å². The molecule has 0 bridgehead atoms. The van der Waals surface area contributed by atoms with Crippen LogP contribution in [0.5, 0.6) is 0 Å². The molecule has 1 rings (SSSR count). The van der Waals surface area contributed by atoms with Crippen LogP contribution in [-0.2, 0) is 4.74 Å². The monoisotopic (exact) mass is 313 g/mol. The lowest BCUT2D eigenvalue weighted by Crippen LogP contribution is -2.34. The maximum atomic E-state index is 11.4. The van der Waals surface area contributed by atoms with Crippen LogP contribution < -0.4 is 16.8 Å². The van der Waals surface area contributed by atoms with Crippen LogP contribution in [0.4, 0.5) is 16.4 Å². The standard InChI is InChI=1S/C13H23N5O4/c1-13(2,3)22-12(21)16-5-4-8(19)9(20)7-6-17-10(14)11(15)18-7/h6,8-9,19-20H,4-5H2,1-3H3,(H2,14,17)(H2,15,18)(H,16,21). The number of nitrogens with two attached hydrogens (primary N) is 2. The number of aromatic nitrogens is 2. The van der Waals surface area contributed by atoms with E-state index in [4.69, 9.17) is 16.2 Å². The molecule has 7 N–H and O–H groups in total. The second kappa shape index (κ2) is 7.23. The number of rotatable bonds is 5. The molecule has 0 saturated carbocycles. The first kappa shape index (κ1) is 17.9. The van der Waals surface area contributed by atoms with Crippen molar-refractivity contribution < 1.29 is 19.7 Å². The third-order valence-electron chi connectivity index (χ3n) is 2.62. The first-order valence-corrected chi connectivity index (χ1v) is 6.81. The molecule has 2 unspecified atom stereocenters. The molecular formula is C13H23N5O4. The van der Waals surface area contributed by atoms with Gasteiger partial charge in [-0.15, -0.1) is 0 Å². The lowest BCUT2D eigenvalue weighted by molar-refractivity contribution is 0.00983. The molecule has 1 amide bonds. The van der Waals surface area contributed by atoms with Gasteiger partial charge in [-0.25, -0.2) is 14.8 Å². The quantitative estimate of drug-likeness (QED) is 0.506. The van der Waals surface area contributed by atoms with Crippen molar-refractivity contribution in [1.82, 2.24) is 15.3 Å². The summed E-state index contributed by atoms with van der Waals surface area (Å²) in [5.74, 6) is 0.0349. The number of ether oxygens (including phenoxy) is 1. The van der Waals surface area contributed by atoms with Gasteiger partial charge in [0.1, 0.15) is 11.7 Å². The normalized spacial score (nSPS) is 14.2. The van der Waals surface area contributed by atoms with E-state index >= 15 is 0 Å². The average molecular weight is 313 g/mol. The third kappa shape index (κ3) is 5.70.